The summed E-state index contributed by atoms with van der Waals surface area (Å²) in [5.74, 6) is 6.55. The van der Waals surface area contributed by atoms with E-state index in [1.54, 1.807) is 0 Å². The summed E-state index contributed by atoms with van der Waals surface area (Å²) in [6.07, 6.45) is 35.6. The molecule has 0 aromatic heterocycles. The first kappa shape index (κ1) is 53.1. The first-order valence-corrected chi connectivity index (χ1v) is 24.8. The van der Waals surface area contributed by atoms with E-state index in [4.69, 9.17) is 12.4 Å². The number of allylic oxidation sites excluding steroid dienone is 20. The van der Waals surface area contributed by atoms with Gasteiger partial charge in [-0.1, -0.05) is 250 Å². The van der Waals surface area contributed by atoms with Gasteiger partial charge in [-0.2, -0.15) is 0 Å². The fourth-order valence-electron chi connectivity index (χ4n) is 9.31. The van der Waals surface area contributed by atoms with Crippen molar-refractivity contribution in [3.8, 4) is 0 Å². The topological polar surface area (TPSA) is 50.1 Å². The Labute approximate surface area is 405 Å². The highest BCUT2D eigenvalue weighted by Crippen LogP contribution is 2.59. The van der Waals surface area contributed by atoms with E-state index in [9.17, 15) is 0 Å². The van der Waals surface area contributed by atoms with Crippen LogP contribution >= 0.6 is 0 Å². The molecule has 1 atom stereocenters. The number of nitrogens with one attached hydrogen (secondary N) is 2. The third kappa shape index (κ3) is 11.7. The van der Waals surface area contributed by atoms with Gasteiger partial charge in [0.2, 0.25) is 0 Å². The van der Waals surface area contributed by atoms with Crippen molar-refractivity contribution in [2.75, 3.05) is 5.32 Å². The second kappa shape index (κ2) is 27.2. The van der Waals surface area contributed by atoms with Crippen LogP contribution in [0.25, 0.3) is 11.1 Å². The number of anilines is 1. The number of hydrogen-bond acceptors (Lipinski definition) is 3. The van der Waals surface area contributed by atoms with Gasteiger partial charge in [-0.05, 0) is 118 Å². The van der Waals surface area contributed by atoms with Crippen LogP contribution in [0.5, 0.6) is 0 Å². The van der Waals surface area contributed by atoms with Crippen molar-refractivity contribution < 1.29 is 0 Å². The Kier molecular flexibility index (Phi) is 21.6. The number of hydrazine groups is 1. The second-order valence-corrected chi connectivity index (χ2v) is 15.7. The zero-order valence-corrected chi connectivity index (χ0v) is 42.0. The maximum atomic E-state index is 6.55. The van der Waals surface area contributed by atoms with Gasteiger partial charge in [0.05, 0.1) is 5.41 Å². The zero-order valence-electron chi connectivity index (χ0n) is 42.0. The molecule has 0 saturated heterocycles. The van der Waals surface area contributed by atoms with Crippen molar-refractivity contribution in [2.24, 2.45) is 5.84 Å². The van der Waals surface area contributed by atoms with Gasteiger partial charge >= 0.3 is 0 Å². The Morgan fingerprint density at radius 1 is 0.687 bits per heavy atom. The molecule has 4 aliphatic carbocycles. The standard InChI is InChI=1S/C56H53N3.4C2H6/c1-41(42(2)34-37-52-43(3)55(46-24-10-5-11-25-46,47-26-12-6-13-27-47)54-33-17-16-32-53(52)54)21-18-19-38-58-51-31-20-30-49(40-51)56(59-57,48-28-14-7-15-29-48)50-36-35-45(39-50)44-22-8-4-9-23-44;4*1-2/h4-10,12,14-24,26,28-38,40,58-59H,1,3,11,13,25,27,39,57H2,2H3;4*1-2H3/b21-18-,38-19-,42-34+,52-37+;;;;. The van der Waals surface area contributed by atoms with Crippen molar-refractivity contribution in [2.45, 2.75) is 105 Å². The maximum absolute atomic E-state index is 6.55. The van der Waals surface area contributed by atoms with Gasteiger partial charge in [0.15, 0.2) is 0 Å². The largest absolute Gasteiger partial charge is 0.362 e. The van der Waals surface area contributed by atoms with Crippen LogP contribution in [-0.4, -0.2) is 0 Å². The van der Waals surface area contributed by atoms with E-state index in [0.29, 0.717) is 0 Å². The van der Waals surface area contributed by atoms with Crippen molar-refractivity contribution in [1.82, 2.24) is 5.43 Å². The Morgan fingerprint density at radius 3 is 1.90 bits per heavy atom. The fourth-order valence-corrected chi connectivity index (χ4v) is 9.31. The molecule has 4 aromatic carbocycles. The monoisotopic (exact) mass is 888 g/mol. The molecule has 348 valence electrons. The Bertz CT molecular complexity index is 2530. The zero-order chi connectivity index (χ0) is 48.7. The highest BCUT2D eigenvalue weighted by Gasteiger charge is 2.49. The average molecular weight is 888 g/mol. The van der Waals surface area contributed by atoms with Gasteiger partial charge in [0, 0.05) is 11.9 Å². The molecule has 4 aromatic rings. The van der Waals surface area contributed by atoms with E-state index in [2.05, 4.69) is 194 Å². The first-order valence-electron chi connectivity index (χ1n) is 24.8. The molecule has 0 saturated carbocycles. The molecular formula is C64H77N3. The average Bonchev–Trinajstić information content (AvgIpc) is 4.01. The van der Waals surface area contributed by atoms with Gasteiger partial charge in [0.1, 0.15) is 5.54 Å². The molecule has 8 rings (SSSR count). The normalized spacial score (nSPS) is 17.1. The summed E-state index contributed by atoms with van der Waals surface area (Å²) in [6.45, 7) is 27.4. The van der Waals surface area contributed by atoms with Crippen molar-refractivity contribution in [3.63, 3.8) is 0 Å². The highest BCUT2D eigenvalue weighted by atomic mass is 15.3. The number of benzene rings is 4. The summed E-state index contributed by atoms with van der Waals surface area (Å²) in [5.41, 5.74) is 19.0. The molecule has 0 amide bonds. The molecule has 1 unspecified atom stereocenters. The van der Waals surface area contributed by atoms with E-state index in [0.717, 1.165) is 60.1 Å². The third-order valence-corrected chi connectivity index (χ3v) is 12.4. The second-order valence-electron chi connectivity index (χ2n) is 15.7. The van der Waals surface area contributed by atoms with E-state index >= 15 is 0 Å². The summed E-state index contributed by atoms with van der Waals surface area (Å²) < 4.78 is 0. The molecule has 0 radical (unpaired) electrons. The number of rotatable bonds is 13. The van der Waals surface area contributed by atoms with Crippen LogP contribution in [0.3, 0.4) is 0 Å². The molecule has 67 heavy (non-hydrogen) atoms. The minimum Gasteiger partial charge on any atom is -0.362 e. The molecule has 0 fully saturated rings. The van der Waals surface area contributed by atoms with Gasteiger partial charge in [-0.15, -0.1) is 0 Å². The van der Waals surface area contributed by atoms with Gasteiger partial charge in [-0.25, -0.2) is 5.43 Å². The predicted octanol–water partition coefficient (Wildman–Crippen LogP) is 17.3. The predicted molar refractivity (Wildman–Crippen MR) is 296 cm³/mol. The molecule has 3 nitrogen and oxygen atoms in total. The first-order chi connectivity index (χ1) is 33.0. The van der Waals surface area contributed by atoms with Gasteiger partial charge < -0.3 is 5.32 Å². The van der Waals surface area contributed by atoms with Crippen LogP contribution in [0.4, 0.5) is 5.69 Å². The minimum absolute atomic E-state index is 0.311. The molecule has 0 bridgehead atoms. The van der Waals surface area contributed by atoms with E-state index in [-0.39, 0.29) is 5.41 Å². The van der Waals surface area contributed by atoms with Gasteiger partial charge in [-0.3, -0.25) is 5.84 Å². The Hall–Kier alpha value is -6.52. The molecule has 0 heterocycles. The molecule has 0 aliphatic heterocycles. The fraction of sp³-hybridized carbons (Fsp3) is 0.250. The van der Waals surface area contributed by atoms with E-state index < -0.39 is 5.54 Å². The summed E-state index contributed by atoms with van der Waals surface area (Å²) in [5, 5.41) is 3.49. The molecule has 4 N–H and O–H groups in total. The number of hydrogen-bond donors (Lipinski definition) is 3. The third-order valence-electron chi connectivity index (χ3n) is 12.4. The quantitative estimate of drug-likeness (QED) is 0.0712. The van der Waals surface area contributed by atoms with Crippen LogP contribution in [0.1, 0.15) is 122 Å². The van der Waals surface area contributed by atoms with Crippen LogP contribution in [0.2, 0.25) is 0 Å². The summed E-state index contributed by atoms with van der Waals surface area (Å²) in [4.78, 5) is 0. The SMILES string of the molecule is C=C(/C=C\C=C/Nc1cccc(C(NN)(C2=CC=C(c3ccccc3)C2)c2ccccc2)c1)/C(C)=C/C=C1\C(=C)C(C2=CC=CCC2)(C2=CC=CCC2)c2ccccc21.CC.CC.CC.CC. The molecule has 4 aliphatic rings. The lowest BCUT2D eigenvalue weighted by Gasteiger charge is -2.39. The lowest BCUT2D eigenvalue weighted by molar-refractivity contribution is 0.474. The molecular weight excluding hydrogens is 811 g/mol. The lowest BCUT2D eigenvalue weighted by Crippen LogP contribution is -2.49. The van der Waals surface area contributed by atoms with Crippen LogP contribution in [0, 0.1) is 0 Å². The van der Waals surface area contributed by atoms with E-state index in [1.807, 2.05) is 79.8 Å². The maximum Gasteiger partial charge on any atom is 0.104 e. The van der Waals surface area contributed by atoms with Crippen molar-refractivity contribution in [1.29, 1.82) is 0 Å². The van der Waals surface area contributed by atoms with Crippen molar-refractivity contribution in [3.05, 3.63) is 269 Å². The van der Waals surface area contributed by atoms with Crippen LogP contribution in [-0.2, 0) is 11.0 Å². The summed E-state index contributed by atoms with van der Waals surface area (Å²) in [7, 11) is 0. The summed E-state index contributed by atoms with van der Waals surface area (Å²) >= 11 is 0. The molecule has 3 heteroatoms. The lowest BCUT2D eigenvalue weighted by atomic mass is 9.63. The van der Waals surface area contributed by atoms with Crippen LogP contribution < -0.4 is 16.6 Å². The molecule has 0 spiro atoms. The van der Waals surface area contributed by atoms with E-state index in [1.165, 1.54) is 50.1 Å². The Balaban J connectivity index is 0.00000116. The number of nitrogens with two attached hydrogens (primary N) is 1. The Morgan fingerprint density at radius 2 is 1.28 bits per heavy atom. The van der Waals surface area contributed by atoms with Crippen LogP contribution in [0.15, 0.2) is 241 Å². The smallest absolute Gasteiger partial charge is 0.104 e. The summed E-state index contributed by atoms with van der Waals surface area (Å²) in [6, 6.07) is 38.4. The highest BCUT2D eigenvalue weighted by molar-refractivity contribution is 5.94. The minimum atomic E-state index is -0.712. The van der Waals surface area contributed by atoms with Gasteiger partial charge in [0.25, 0.3) is 0 Å². The van der Waals surface area contributed by atoms with Crippen molar-refractivity contribution >= 4 is 16.8 Å². The number of fused-ring (bicyclic) bond motifs is 1.